The second-order valence-electron chi connectivity index (χ2n) is 3.43. The van der Waals surface area contributed by atoms with E-state index in [-0.39, 0.29) is 6.61 Å². The van der Waals surface area contributed by atoms with Crippen LogP contribution in [0.1, 0.15) is 32.1 Å². The monoisotopic (exact) mass is 204 g/mol. The molecule has 3 nitrogen and oxygen atoms in total. The van der Waals surface area contributed by atoms with Gasteiger partial charge in [-0.25, -0.2) is 0 Å². The molecule has 0 spiro atoms. The minimum atomic E-state index is -0.673. The highest BCUT2D eigenvalue weighted by atomic mass is 32.2. The second-order valence-corrected chi connectivity index (χ2v) is 4.91. The lowest BCUT2D eigenvalue weighted by atomic mass is 9.96. The Bertz CT molecular complexity index is 176. The van der Waals surface area contributed by atoms with Crippen molar-refractivity contribution in [2.45, 2.75) is 36.9 Å². The third kappa shape index (κ3) is 2.61. The number of carboxylic acid groups (broad SMARTS) is 1. The molecule has 1 rings (SSSR count). The van der Waals surface area contributed by atoms with Gasteiger partial charge in [0.15, 0.2) is 0 Å². The van der Waals surface area contributed by atoms with Gasteiger partial charge in [0.2, 0.25) is 0 Å². The summed E-state index contributed by atoms with van der Waals surface area (Å²) in [5, 5.41) is 17.7. The Morgan fingerprint density at radius 3 is 2.69 bits per heavy atom. The van der Waals surface area contributed by atoms with Gasteiger partial charge >= 0.3 is 5.97 Å². The summed E-state index contributed by atoms with van der Waals surface area (Å²) in [5.41, 5.74) is 0. The van der Waals surface area contributed by atoms with Crippen molar-refractivity contribution in [3.8, 4) is 0 Å². The van der Waals surface area contributed by atoms with Crippen molar-refractivity contribution in [2.24, 2.45) is 0 Å². The lowest BCUT2D eigenvalue weighted by molar-refractivity contribution is -0.140. The third-order valence-corrected chi connectivity index (χ3v) is 4.11. The number of hydrogen-bond donors (Lipinski definition) is 2. The Labute approximate surface area is 82.5 Å². The minimum Gasteiger partial charge on any atom is -0.480 e. The molecule has 4 heteroatoms. The topological polar surface area (TPSA) is 57.5 Å². The van der Waals surface area contributed by atoms with Crippen LogP contribution in [0.25, 0.3) is 0 Å². The van der Waals surface area contributed by atoms with Crippen LogP contribution in [0.3, 0.4) is 0 Å². The highest BCUT2D eigenvalue weighted by molar-refractivity contribution is 8.01. The van der Waals surface area contributed by atoms with Gasteiger partial charge in [0.1, 0.15) is 4.75 Å². The molecule has 0 amide bonds. The minimum absolute atomic E-state index is 0.167. The van der Waals surface area contributed by atoms with Gasteiger partial charge in [0.05, 0.1) is 0 Å². The summed E-state index contributed by atoms with van der Waals surface area (Å²) in [5.74, 6) is 0.291. The standard InChI is InChI=1S/C9H16O3S/c10-6-2-1-4-9(8(11)12)5-3-7-13-9/h10H,1-7H2,(H,11,12). The van der Waals surface area contributed by atoms with Crippen LogP contribution in [0.4, 0.5) is 0 Å². The average molecular weight is 204 g/mol. The molecule has 1 aliphatic rings. The Morgan fingerprint density at radius 2 is 2.23 bits per heavy atom. The van der Waals surface area contributed by atoms with Crippen molar-refractivity contribution in [1.82, 2.24) is 0 Å². The third-order valence-electron chi connectivity index (χ3n) is 2.48. The highest BCUT2D eigenvalue weighted by Gasteiger charge is 2.41. The van der Waals surface area contributed by atoms with Crippen LogP contribution in [0.2, 0.25) is 0 Å². The Balaban J connectivity index is 2.43. The molecule has 76 valence electrons. The molecule has 1 heterocycles. The molecule has 0 aromatic carbocycles. The summed E-state index contributed by atoms with van der Waals surface area (Å²) in [6.45, 7) is 0.167. The predicted octanol–water partition coefficient (Wildman–Crippen LogP) is 1.50. The zero-order chi connectivity index (χ0) is 9.73. The first-order valence-corrected chi connectivity index (χ1v) is 5.68. The molecule has 1 atom stereocenters. The molecular formula is C9H16O3S. The van der Waals surface area contributed by atoms with E-state index in [0.29, 0.717) is 6.42 Å². The first-order chi connectivity index (χ1) is 6.21. The second kappa shape index (κ2) is 4.86. The van der Waals surface area contributed by atoms with Gasteiger partial charge in [-0.2, -0.15) is 0 Å². The van der Waals surface area contributed by atoms with Crippen LogP contribution in [0, 0.1) is 0 Å². The molecule has 0 radical (unpaired) electrons. The van der Waals surface area contributed by atoms with Crippen LogP contribution in [0.15, 0.2) is 0 Å². The van der Waals surface area contributed by atoms with E-state index in [9.17, 15) is 4.79 Å². The summed E-state index contributed by atoms with van der Waals surface area (Å²) in [6, 6.07) is 0. The van der Waals surface area contributed by atoms with E-state index >= 15 is 0 Å². The maximum Gasteiger partial charge on any atom is 0.319 e. The summed E-state index contributed by atoms with van der Waals surface area (Å²) < 4.78 is -0.533. The lowest BCUT2D eigenvalue weighted by Gasteiger charge is -2.22. The number of aliphatic hydroxyl groups is 1. The Kier molecular flexibility index (Phi) is 4.06. The van der Waals surface area contributed by atoms with Crippen molar-refractivity contribution < 1.29 is 15.0 Å². The van der Waals surface area contributed by atoms with Crippen molar-refractivity contribution in [2.75, 3.05) is 12.4 Å². The fourth-order valence-corrected chi connectivity index (χ4v) is 3.07. The van der Waals surface area contributed by atoms with E-state index in [0.717, 1.165) is 31.4 Å². The van der Waals surface area contributed by atoms with Crippen molar-refractivity contribution >= 4 is 17.7 Å². The van der Waals surface area contributed by atoms with Crippen LogP contribution < -0.4 is 0 Å². The molecule has 1 aliphatic heterocycles. The largest absolute Gasteiger partial charge is 0.480 e. The molecule has 0 saturated carbocycles. The maximum atomic E-state index is 11.0. The van der Waals surface area contributed by atoms with Crippen molar-refractivity contribution in [1.29, 1.82) is 0 Å². The molecule has 1 fully saturated rings. The van der Waals surface area contributed by atoms with E-state index in [2.05, 4.69) is 0 Å². The zero-order valence-electron chi connectivity index (χ0n) is 7.66. The Hall–Kier alpha value is -0.220. The van der Waals surface area contributed by atoms with Gasteiger partial charge in [-0.15, -0.1) is 11.8 Å². The molecule has 0 aromatic rings. The van der Waals surface area contributed by atoms with E-state index in [4.69, 9.17) is 10.2 Å². The molecule has 13 heavy (non-hydrogen) atoms. The summed E-state index contributed by atoms with van der Waals surface area (Å²) in [6.07, 6.45) is 4.04. The normalized spacial score (nSPS) is 27.8. The maximum absolute atomic E-state index is 11.0. The summed E-state index contributed by atoms with van der Waals surface area (Å²) in [4.78, 5) is 11.0. The van der Waals surface area contributed by atoms with Gasteiger partial charge in [0, 0.05) is 6.61 Å². The van der Waals surface area contributed by atoms with Crippen LogP contribution in [-0.2, 0) is 4.79 Å². The number of aliphatic carboxylic acids is 1. The summed E-state index contributed by atoms with van der Waals surface area (Å²) in [7, 11) is 0. The zero-order valence-corrected chi connectivity index (χ0v) is 8.48. The number of carboxylic acids is 1. The van der Waals surface area contributed by atoms with Gasteiger partial charge in [0.25, 0.3) is 0 Å². The number of aliphatic hydroxyl groups excluding tert-OH is 1. The van der Waals surface area contributed by atoms with Crippen LogP contribution in [-0.4, -0.2) is 33.3 Å². The van der Waals surface area contributed by atoms with E-state index in [1.807, 2.05) is 0 Å². The van der Waals surface area contributed by atoms with Crippen LogP contribution >= 0.6 is 11.8 Å². The fourth-order valence-electron chi connectivity index (χ4n) is 1.69. The number of rotatable bonds is 5. The molecule has 0 bridgehead atoms. The SMILES string of the molecule is O=C(O)C1(CCCCO)CCCS1. The van der Waals surface area contributed by atoms with E-state index < -0.39 is 10.7 Å². The van der Waals surface area contributed by atoms with Gasteiger partial charge in [-0.1, -0.05) is 0 Å². The van der Waals surface area contributed by atoms with E-state index in [1.165, 1.54) is 0 Å². The van der Waals surface area contributed by atoms with E-state index in [1.54, 1.807) is 11.8 Å². The number of thioether (sulfide) groups is 1. The molecular weight excluding hydrogens is 188 g/mol. The Morgan fingerprint density at radius 1 is 1.46 bits per heavy atom. The van der Waals surface area contributed by atoms with Gasteiger partial charge in [-0.05, 0) is 37.9 Å². The average Bonchev–Trinajstić information content (AvgIpc) is 2.55. The molecule has 0 aliphatic carbocycles. The van der Waals surface area contributed by atoms with Crippen molar-refractivity contribution in [3.63, 3.8) is 0 Å². The highest BCUT2D eigenvalue weighted by Crippen LogP contribution is 2.42. The van der Waals surface area contributed by atoms with Crippen molar-refractivity contribution in [3.05, 3.63) is 0 Å². The van der Waals surface area contributed by atoms with Crippen LogP contribution in [0.5, 0.6) is 0 Å². The summed E-state index contributed by atoms with van der Waals surface area (Å²) >= 11 is 1.57. The molecule has 1 unspecified atom stereocenters. The number of unbranched alkanes of at least 4 members (excludes halogenated alkanes) is 1. The smallest absolute Gasteiger partial charge is 0.319 e. The fraction of sp³-hybridized carbons (Fsp3) is 0.889. The quantitative estimate of drug-likeness (QED) is 0.666. The van der Waals surface area contributed by atoms with Gasteiger partial charge < -0.3 is 10.2 Å². The number of carbonyl (C=O) groups is 1. The molecule has 1 saturated heterocycles. The lowest BCUT2D eigenvalue weighted by Crippen LogP contribution is -2.32. The predicted molar refractivity (Wildman–Crippen MR) is 53.0 cm³/mol. The van der Waals surface area contributed by atoms with Gasteiger partial charge in [-0.3, -0.25) is 4.79 Å². The first-order valence-electron chi connectivity index (χ1n) is 4.69. The molecule has 2 N–H and O–H groups in total. The first kappa shape index (κ1) is 10.9. The molecule has 0 aromatic heterocycles. The number of hydrogen-bond acceptors (Lipinski definition) is 3.